The van der Waals surface area contributed by atoms with Crippen LogP contribution in [0.4, 0.5) is 5.69 Å². The number of rotatable bonds is 6. The number of fused-ring (bicyclic) bond motifs is 1. The summed E-state index contributed by atoms with van der Waals surface area (Å²) in [4.78, 5) is 25.7. The van der Waals surface area contributed by atoms with Gasteiger partial charge in [-0.15, -0.1) is 0 Å². The molecule has 0 unspecified atom stereocenters. The lowest BCUT2D eigenvalue weighted by Crippen LogP contribution is -2.42. The van der Waals surface area contributed by atoms with Crippen molar-refractivity contribution in [1.82, 2.24) is 4.90 Å². The van der Waals surface area contributed by atoms with Gasteiger partial charge < -0.3 is 25.1 Å². The van der Waals surface area contributed by atoms with E-state index in [1.54, 1.807) is 35.4 Å². The van der Waals surface area contributed by atoms with Crippen LogP contribution in [-0.4, -0.2) is 23.3 Å². The van der Waals surface area contributed by atoms with Gasteiger partial charge in [0.25, 0.3) is 11.8 Å². The zero-order valence-corrected chi connectivity index (χ0v) is 15.0. The van der Waals surface area contributed by atoms with Crippen molar-refractivity contribution in [2.75, 3.05) is 11.9 Å². The molecule has 0 fully saturated rings. The van der Waals surface area contributed by atoms with Gasteiger partial charge in [0.05, 0.1) is 18.4 Å². The van der Waals surface area contributed by atoms with Crippen molar-refractivity contribution in [3.05, 3.63) is 83.8 Å². The van der Waals surface area contributed by atoms with E-state index < -0.39 is 5.91 Å². The third-order valence-corrected chi connectivity index (χ3v) is 4.51. The van der Waals surface area contributed by atoms with Gasteiger partial charge in [-0.3, -0.25) is 9.59 Å². The van der Waals surface area contributed by atoms with Gasteiger partial charge in [0, 0.05) is 5.69 Å². The Bertz CT molecular complexity index is 983. The Morgan fingerprint density at radius 2 is 1.89 bits per heavy atom. The Morgan fingerprint density at radius 3 is 2.61 bits per heavy atom. The fourth-order valence-electron chi connectivity index (χ4n) is 3.19. The fourth-order valence-corrected chi connectivity index (χ4v) is 3.19. The predicted molar refractivity (Wildman–Crippen MR) is 103 cm³/mol. The first-order chi connectivity index (χ1) is 13.6. The number of hydrogen-bond acceptors (Lipinski definition) is 5. The molecule has 2 aromatic carbocycles. The van der Waals surface area contributed by atoms with Crippen LogP contribution < -0.4 is 15.8 Å². The lowest BCUT2D eigenvalue weighted by molar-refractivity contribution is -0.119. The number of benzene rings is 2. The summed E-state index contributed by atoms with van der Waals surface area (Å²) in [6, 6.07) is 18.2. The maximum atomic E-state index is 13.1. The highest BCUT2D eigenvalue weighted by atomic mass is 16.5. The van der Waals surface area contributed by atoms with E-state index in [1.807, 2.05) is 36.4 Å². The first-order valence-corrected chi connectivity index (χ1v) is 8.82. The summed E-state index contributed by atoms with van der Waals surface area (Å²) in [7, 11) is 0. The number of anilines is 1. The molecule has 28 heavy (non-hydrogen) atoms. The van der Waals surface area contributed by atoms with E-state index in [-0.39, 0.29) is 18.7 Å². The van der Waals surface area contributed by atoms with Gasteiger partial charge in [0.1, 0.15) is 17.7 Å². The van der Waals surface area contributed by atoms with Gasteiger partial charge >= 0.3 is 0 Å². The monoisotopic (exact) mass is 377 g/mol. The molecule has 1 aliphatic rings. The molecule has 0 aliphatic carbocycles. The van der Waals surface area contributed by atoms with Crippen LogP contribution in [0.15, 0.2) is 71.3 Å². The van der Waals surface area contributed by atoms with Crippen molar-refractivity contribution >= 4 is 17.5 Å². The average molecular weight is 377 g/mol. The van der Waals surface area contributed by atoms with E-state index in [1.165, 1.54) is 0 Å². The molecule has 3 aromatic rings. The van der Waals surface area contributed by atoms with Gasteiger partial charge in [-0.25, -0.2) is 0 Å². The zero-order valence-electron chi connectivity index (χ0n) is 15.0. The summed E-state index contributed by atoms with van der Waals surface area (Å²) in [6.45, 7) is 0.148. The molecular formula is C21H19N3O4. The molecule has 142 valence electrons. The summed E-state index contributed by atoms with van der Waals surface area (Å²) in [5.41, 5.74) is 7.38. The maximum absolute atomic E-state index is 13.1. The van der Waals surface area contributed by atoms with E-state index in [4.69, 9.17) is 14.9 Å². The third-order valence-electron chi connectivity index (χ3n) is 4.51. The van der Waals surface area contributed by atoms with Gasteiger partial charge in [-0.05, 0) is 42.0 Å². The highest BCUT2D eigenvalue weighted by Gasteiger charge is 2.33. The molecule has 0 saturated heterocycles. The van der Waals surface area contributed by atoms with Crippen LogP contribution in [0.5, 0.6) is 5.75 Å². The Kier molecular flexibility index (Phi) is 4.72. The highest BCUT2D eigenvalue weighted by Crippen LogP contribution is 2.34. The summed E-state index contributed by atoms with van der Waals surface area (Å²) in [6.07, 6.45) is 1.21. The van der Waals surface area contributed by atoms with Crippen LogP contribution in [-0.2, 0) is 11.3 Å². The minimum atomic E-state index is -0.537. The molecule has 1 aliphatic heterocycles. The number of carbonyl (C=O) groups is 2. The van der Waals surface area contributed by atoms with Crippen LogP contribution in [0, 0.1) is 0 Å². The van der Waals surface area contributed by atoms with Gasteiger partial charge in [-0.2, -0.15) is 0 Å². The summed E-state index contributed by atoms with van der Waals surface area (Å²) < 4.78 is 10.8. The number of amides is 2. The second-order valence-corrected chi connectivity index (χ2v) is 6.43. The quantitative estimate of drug-likeness (QED) is 0.688. The lowest BCUT2D eigenvalue weighted by Gasteiger charge is -2.37. The van der Waals surface area contributed by atoms with Crippen LogP contribution >= 0.6 is 0 Å². The Labute approximate surface area is 161 Å². The molecule has 4 rings (SSSR count). The molecule has 7 nitrogen and oxygen atoms in total. The standard InChI is InChI=1S/C21H19N3O4/c22-19(25)13-28-15-9-7-14(8-10-15)20-23-18-6-2-1-5-17(18)21(26)24(20)12-16-4-3-11-27-16/h1-11,20,23H,12-13H2,(H2,22,25)/t20-/m1/s1. The molecule has 0 bridgehead atoms. The Hall–Kier alpha value is -3.74. The van der Waals surface area contributed by atoms with Gasteiger partial charge in [0.2, 0.25) is 0 Å². The molecule has 1 aromatic heterocycles. The molecule has 0 radical (unpaired) electrons. The predicted octanol–water partition coefficient (Wildman–Crippen LogP) is 2.91. The van der Waals surface area contributed by atoms with E-state index in [2.05, 4.69) is 5.32 Å². The molecule has 0 spiro atoms. The number of nitrogens with two attached hydrogens (primary N) is 1. The Morgan fingerprint density at radius 1 is 1.11 bits per heavy atom. The molecule has 2 amide bonds. The number of ether oxygens (including phenoxy) is 1. The van der Waals surface area contributed by atoms with Gasteiger partial charge in [-0.1, -0.05) is 24.3 Å². The van der Waals surface area contributed by atoms with E-state index in [9.17, 15) is 9.59 Å². The van der Waals surface area contributed by atoms with Crippen molar-refractivity contribution in [3.63, 3.8) is 0 Å². The van der Waals surface area contributed by atoms with Crippen molar-refractivity contribution in [2.24, 2.45) is 5.73 Å². The number of carbonyl (C=O) groups excluding carboxylic acids is 2. The van der Waals surface area contributed by atoms with E-state index in [0.29, 0.717) is 23.6 Å². The molecule has 3 N–H and O–H groups in total. The van der Waals surface area contributed by atoms with Crippen LogP contribution in [0.2, 0.25) is 0 Å². The largest absolute Gasteiger partial charge is 0.484 e. The topological polar surface area (TPSA) is 97.8 Å². The van der Waals surface area contributed by atoms with Crippen molar-refractivity contribution in [2.45, 2.75) is 12.7 Å². The average Bonchev–Trinajstić information content (AvgIpc) is 3.22. The minimum absolute atomic E-state index is 0.0789. The molecular weight excluding hydrogens is 358 g/mol. The molecule has 0 saturated carbocycles. The third kappa shape index (κ3) is 3.55. The maximum Gasteiger partial charge on any atom is 0.258 e. The number of nitrogens with one attached hydrogen (secondary N) is 1. The van der Waals surface area contributed by atoms with E-state index in [0.717, 1.165) is 11.3 Å². The van der Waals surface area contributed by atoms with Gasteiger partial charge in [0.15, 0.2) is 6.61 Å². The first kappa shape index (κ1) is 17.7. The fraction of sp³-hybridized carbons (Fsp3) is 0.143. The second kappa shape index (κ2) is 7.48. The first-order valence-electron chi connectivity index (χ1n) is 8.82. The zero-order chi connectivity index (χ0) is 19.5. The number of furan rings is 1. The SMILES string of the molecule is NC(=O)COc1ccc([C@@H]2Nc3ccccc3C(=O)N2Cc2ccco2)cc1. The van der Waals surface area contributed by atoms with Crippen LogP contribution in [0.3, 0.4) is 0 Å². The number of para-hydroxylation sites is 1. The molecule has 7 heteroatoms. The summed E-state index contributed by atoms with van der Waals surface area (Å²) in [5, 5.41) is 3.42. The lowest BCUT2D eigenvalue weighted by atomic mass is 10.0. The number of primary amides is 1. The summed E-state index contributed by atoms with van der Waals surface area (Å²) in [5.74, 6) is 0.610. The highest BCUT2D eigenvalue weighted by molar-refractivity contribution is 6.01. The van der Waals surface area contributed by atoms with Crippen molar-refractivity contribution in [1.29, 1.82) is 0 Å². The molecule has 1 atom stereocenters. The van der Waals surface area contributed by atoms with E-state index >= 15 is 0 Å². The second-order valence-electron chi connectivity index (χ2n) is 6.43. The minimum Gasteiger partial charge on any atom is -0.484 e. The number of nitrogens with zero attached hydrogens (tertiary/aromatic N) is 1. The van der Waals surface area contributed by atoms with Crippen molar-refractivity contribution < 1.29 is 18.7 Å². The van der Waals surface area contributed by atoms with Crippen molar-refractivity contribution in [3.8, 4) is 5.75 Å². The summed E-state index contributed by atoms with van der Waals surface area (Å²) >= 11 is 0. The normalized spacial score (nSPS) is 15.6. The van der Waals surface area contributed by atoms with Crippen LogP contribution in [0.1, 0.15) is 27.8 Å². The smallest absolute Gasteiger partial charge is 0.258 e. The molecule has 2 heterocycles. The Balaban J connectivity index is 1.64. The number of hydrogen-bond donors (Lipinski definition) is 2. The van der Waals surface area contributed by atoms with Crippen LogP contribution in [0.25, 0.3) is 0 Å².